The number of allylic oxidation sites excluding steroid dienone is 1. The molecule has 172 valence electrons. The van der Waals surface area contributed by atoms with Gasteiger partial charge in [0.05, 0.1) is 5.39 Å². The maximum Gasteiger partial charge on any atom is 0.170 e. The van der Waals surface area contributed by atoms with E-state index in [1.54, 1.807) is 6.07 Å². The van der Waals surface area contributed by atoms with Crippen molar-refractivity contribution in [2.45, 2.75) is 51.4 Å². The lowest BCUT2D eigenvalue weighted by atomic mass is 9.78. The molecule has 0 unspecified atom stereocenters. The molecule has 0 bridgehead atoms. The fourth-order valence-corrected chi connectivity index (χ4v) is 5.15. The van der Waals surface area contributed by atoms with Crippen molar-refractivity contribution in [1.82, 2.24) is 0 Å². The van der Waals surface area contributed by atoms with Crippen molar-refractivity contribution in [1.29, 1.82) is 0 Å². The first-order valence-corrected chi connectivity index (χ1v) is 11.9. The topological polar surface area (TPSA) is 0 Å². The van der Waals surface area contributed by atoms with Gasteiger partial charge in [0, 0.05) is 11.1 Å². The Morgan fingerprint density at radius 1 is 0.788 bits per heavy atom. The average molecular weight is 449 g/mol. The van der Waals surface area contributed by atoms with Gasteiger partial charge in [0.25, 0.3) is 0 Å². The molecule has 4 rings (SSSR count). The Bertz CT molecular complexity index is 1140. The minimum atomic E-state index is -1.16. The Hall–Kier alpha value is -2.81. The minimum Gasteiger partial charge on any atom is -0.206 e. The van der Waals surface area contributed by atoms with Crippen molar-refractivity contribution in [3.8, 4) is 11.1 Å². The predicted molar refractivity (Wildman–Crippen MR) is 133 cm³/mol. The van der Waals surface area contributed by atoms with Crippen LogP contribution in [0.3, 0.4) is 0 Å². The molecule has 0 spiro atoms. The van der Waals surface area contributed by atoms with Crippen molar-refractivity contribution < 1.29 is 13.2 Å². The molecule has 3 aromatic rings. The third-order valence-corrected chi connectivity index (χ3v) is 7.22. The van der Waals surface area contributed by atoms with E-state index in [1.807, 2.05) is 30.3 Å². The summed E-state index contributed by atoms with van der Waals surface area (Å²) in [7, 11) is 0. The molecule has 3 heteroatoms. The molecule has 0 amide bonds. The molecule has 0 aromatic heterocycles. The maximum atomic E-state index is 14.9. The van der Waals surface area contributed by atoms with E-state index in [9.17, 15) is 13.2 Å². The lowest BCUT2D eigenvalue weighted by Gasteiger charge is -2.28. The van der Waals surface area contributed by atoms with Gasteiger partial charge in [-0.2, -0.15) is 0 Å². The third-order valence-electron chi connectivity index (χ3n) is 7.22. The molecule has 3 aromatic carbocycles. The second-order valence-electron chi connectivity index (χ2n) is 9.31. The second kappa shape index (κ2) is 10.4. The average Bonchev–Trinajstić information content (AvgIpc) is 2.84. The van der Waals surface area contributed by atoms with Gasteiger partial charge >= 0.3 is 0 Å². The number of rotatable bonds is 8. The summed E-state index contributed by atoms with van der Waals surface area (Å²) in [5.74, 6) is -1.34. The van der Waals surface area contributed by atoms with Gasteiger partial charge in [-0.3, -0.25) is 0 Å². The van der Waals surface area contributed by atoms with Gasteiger partial charge in [-0.05, 0) is 60.1 Å². The first-order valence-electron chi connectivity index (χ1n) is 11.9. The van der Waals surface area contributed by atoms with Crippen LogP contribution in [0.2, 0.25) is 0 Å². The van der Waals surface area contributed by atoms with Crippen LogP contribution in [0.5, 0.6) is 0 Å². The molecule has 0 aliphatic heterocycles. The van der Waals surface area contributed by atoms with E-state index >= 15 is 0 Å². The van der Waals surface area contributed by atoms with Crippen LogP contribution in [0.25, 0.3) is 28.0 Å². The number of hydrogen-bond donors (Lipinski definition) is 0. The van der Waals surface area contributed by atoms with Crippen LogP contribution in [0, 0.1) is 29.3 Å². The summed E-state index contributed by atoms with van der Waals surface area (Å²) < 4.78 is 44.2. The van der Waals surface area contributed by atoms with Gasteiger partial charge in [0.15, 0.2) is 11.6 Å². The zero-order chi connectivity index (χ0) is 23.4. The molecular weight excluding hydrogens is 417 g/mol. The van der Waals surface area contributed by atoms with Gasteiger partial charge in [-0.15, -0.1) is 6.58 Å². The summed E-state index contributed by atoms with van der Waals surface area (Å²) in [6.45, 7) is 7.35. The molecule has 1 aliphatic rings. The number of aryl methyl sites for hydroxylation is 1. The van der Waals surface area contributed by atoms with Crippen molar-refractivity contribution >= 4 is 16.8 Å². The fraction of sp³-hybridized carbons (Fsp3) is 0.333. The van der Waals surface area contributed by atoms with Crippen molar-refractivity contribution in [3.05, 3.63) is 90.3 Å². The normalized spacial score (nSPS) is 18.4. The molecule has 1 fully saturated rings. The Kier molecular flexibility index (Phi) is 7.37. The molecule has 0 radical (unpaired) electrons. The van der Waals surface area contributed by atoms with E-state index in [-0.39, 0.29) is 16.5 Å². The van der Waals surface area contributed by atoms with E-state index in [1.165, 1.54) is 55.9 Å². The maximum absolute atomic E-state index is 14.9. The highest BCUT2D eigenvalue weighted by molar-refractivity contribution is 5.90. The van der Waals surface area contributed by atoms with Crippen molar-refractivity contribution in [3.63, 3.8) is 0 Å². The summed E-state index contributed by atoms with van der Waals surface area (Å²) in [6.07, 6.45) is 13.1. The van der Waals surface area contributed by atoms with Crippen molar-refractivity contribution in [2.75, 3.05) is 0 Å². The summed E-state index contributed by atoms with van der Waals surface area (Å²) >= 11 is 0. The molecular formula is C30H31F3. The highest BCUT2D eigenvalue weighted by atomic mass is 19.2. The molecule has 33 heavy (non-hydrogen) atoms. The number of benzene rings is 3. The zero-order valence-corrected chi connectivity index (χ0v) is 19.1. The monoisotopic (exact) mass is 448 g/mol. The Balaban J connectivity index is 1.45. The van der Waals surface area contributed by atoms with Crippen LogP contribution in [0.4, 0.5) is 13.2 Å². The predicted octanol–water partition coefficient (Wildman–Crippen LogP) is 9.27. The van der Waals surface area contributed by atoms with Crippen LogP contribution in [0.15, 0.2) is 61.7 Å². The lowest BCUT2D eigenvalue weighted by Crippen LogP contribution is -2.15. The zero-order valence-electron chi connectivity index (χ0n) is 19.1. The van der Waals surface area contributed by atoms with Crippen LogP contribution >= 0.6 is 0 Å². The van der Waals surface area contributed by atoms with Crippen LogP contribution in [-0.2, 0) is 6.42 Å². The van der Waals surface area contributed by atoms with E-state index in [0.29, 0.717) is 10.9 Å². The largest absolute Gasteiger partial charge is 0.206 e. The minimum absolute atomic E-state index is 0.148. The van der Waals surface area contributed by atoms with Gasteiger partial charge in [-0.1, -0.05) is 80.8 Å². The van der Waals surface area contributed by atoms with Crippen LogP contribution in [-0.4, -0.2) is 0 Å². The van der Waals surface area contributed by atoms with E-state index in [2.05, 4.69) is 13.2 Å². The highest BCUT2D eigenvalue weighted by Crippen LogP contribution is 2.35. The summed E-state index contributed by atoms with van der Waals surface area (Å²) in [5.41, 5.74) is 2.10. The Morgan fingerprint density at radius 3 is 2.09 bits per heavy atom. The van der Waals surface area contributed by atoms with Gasteiger partial charge in [0.1, 0.15) is 5.82 Å². The Morgan fingerprint density at radius 2 is 1.45 bits per heavy atom. The molecule has 0 heterocycles. The standard InChI is InChI=1S/C30H31F3/c1-3-5-6-20-7-9-21(10-8-20)11-12-22-13-15-24(16-14-22)26-19-25-18-17-23(4-2)28(31)27(25)30(33)29(26)32/h3-4,13-21H,1-2,5-12H2. The van der Waals surface area contributed by atoms with Crippen LogP contribution in [0.1, 0.15) is 56.1 Å². The van der Waals surface area contributed by atoms with E-state index in [4.69, 9.17) is 0 Å². The number of fused-ring (bicyclic) bond motifs is 1. The van der Waals surface area contributed by atoms with Crippen molar-refractivity contribution in [2.24, 2.45) is 11.8 Å². The number of halogens is 3. The molecule has 0 saturated heterocycles. The summed E-state index contributed by atoms with van der Waals surface area (Å²) in [6, 6.07) is 12.3. The molecule has 0 N–H and O–H groups in total. The molecule has 1 saturated carbocycles. The molecule has 1 aliphatic carbocycles. The van der Waals surface area contributed by atoms with Gasteiger partial charge in [0.2, 0.25) is 0 Å². The number of hydrogen-bond acceptors (Lipinski definition) is 0. The summed E-state index contributed by atoms with van der Waals surface area (Å²) in [4.78, 5) is 0. The van der Waals surface area contributed by atoms with E-state index < -0.39 is 17.5 Å². The third kappa shape index (κ3) is 5.08. The first kappa shape index (κ1) is 23.4. The molecule has 0 nitrogen and oxygen atoms in total. The molecule has 0 atom stereocenters. The highest BCUT2D eigenvalue weighted by Gasteiger charge is 2.21. The first-order chi connectivity index (χ1) is 16.0. The second-order valence-corrected chi connectivity index (χ2v) is 9.31. The van der Waals surface area contributed by atoms with Crippen LogP contribution < -0.4 is 0 Å². The SMILES string of the molecule is C=CCCC1CCC(CCc2ccc(-c3cc4ccc(C=C)c(F)c4c(F)c3F)cc2)CC1. The quantitative estimate of drug-likeness (QED) is 0.301. The van der Waals surface area contributed by atoms with Gasteiger partial charge < -0.3 is 0 Å². The van der Waals surface area contributed by atoms with E-state index in [0.717, 1.165) is 31.1 Å². The Labute approximate surface area is 194 Å². The smallest absolute Gasteiger partial charge is 0.170 e. The lowest BCUT2D eigenvalue weighted by molar-refractivity contribution is 0.254. The van der Waals surface area contributed by atoms with Gasteiger partial charge in [-0.25, -0.2) is 13.2 Å². The fourth-order valence-electron chi connectivity index (χ4n) is 5.15. The summed E-state index contributed by atoms with van der Waals surface area (Å²) in [5, 5.41) is 0.00394.